The average molecular weight is 501 g/mol. The zero-order valence-corrected chi connectivity index (χ0v) is 20.3. The minimum atomic E-state index is 0.0210. The van der Waals surface area contributed by atoms with Crippen LogP contribution in [0.3, 0.4) is 0 Å². The Balaban J connectivity index is 1.68. The van der Waals surface area contributed by atoms with Gasteiger partial charge in [-0.2, -0.15) is 0 Å². The van der Waals surface area contributed by atoms with Crippen LogP contribution in [-0.4, -0.2) is 17.7 Å². The molecule has 31 heavy (non-hydrogen) atoms. The van der Waals surface area contributed by atoms with E-state index >= 15 is 0 Å². The molecule has 0 saturated carbocycles. The summed E-state index contributed by atoms with van der Waals surface area (Å²) in [5.41, 5.74) is 4.44. The van der Waals surface area contributed by atoms with Crippen molar-refractivity contribution in [2.45, 2.75) is 40.3 Å². The van der Waals surface area contributed by atoms with E-state index in [2.05, 4.69) is 53.0 Å². The van der Waals surface area contributed by atoms with E-state index < -0.39 is 0 Å². The lowest BCUT2D eigenvalue weighted by molar-refractivity contribution is 0.267. The van der Waals surface area contributed by atoms with Crippen molar-refractivity contribution in [3.8, 4) is 11.5 Å². The Morgan fingerprint density at radius 3 is 2.65 bits per heavy atom. The Morgan fingerprint density at radius 1 is 1.16 bits per heavy atom. The van der Waals surface area contributed by atoms with Crippen LogP contribution in [0.15, 0.2) is 44.6 Å². The number of benzene rings is 2. The first-order valence-electron chi connectivity index (χ1n) is 10.4. The third kappa shape index (κ3) is 4.93. The lowest BCUT2D eigenvalue weighted by Crippen LogP contribution is -2.33. The molecule has 1 aliphatic heterocycles. The van der Waals surface area contributed by atoms with E-state index in [9.17, 15) is 4.79 Å². The van der Waals surface area contributed by atoms with Crippen LogP contribution in [0.2, 0.25) is 0 Å². The van der Waals surface area contributed by atoms with Crippen LogP contribution < -0.4 is 24.4 Å². The molecule has 5 nitrogen and oxygen atoms in total. The molecule has 0 unspecified atom stereocenters. The molecule has 0 radical (unpaired) electrons. The van der Waals surface area contributed by atoms with Crippen molar-refractivity contribution in [1.82, 2.24) is 4.57 Å². The fraction of sp³-hybridized carbons (Fsp3) is 0.333. The smallest absolute Gasteiger partial charge is 0.270 e. The van der Waals surface area contributed by atoms with E-state index in [0.29, 0.717) is 29.2 Å². The van der Waals surface area contributed by atoms with E-state index in [1.165, 1.54) is 22.5 Å². The highest BCUT2D eigenvalue weighted by Gasteiger charge is 2.14. The van der Waals surface area contributed by atoms with Gasteiger partial charge in [-0.1, -0.05) is 40.7 Å². The van der Waals surface area contributed by atoms with Crippen molar-refractivity contribution < 1.29 is 9.47 Å². The summed E-state index contributed by atoms with van der Waals surface area (Å²) in [5.74, 6) is 1.31. The predicted octanol–water partition coefficient (Wildman–Crippen LogP) is 4.12. The lowest BCUT2D eigenvalue weighted by Gasteiger charge is -2.15. The highest BCUT2D eigenvalue weighted by atomic mass is 79.9. The molecule has 162 valence electrons. The van der Waals surface area contributed by atoms with E-state index in [1.807, 2.05) is 25.1 Å². The minimum Gasteiger partial charge on any atom is -0.490 e. The van der Waals surface area contributed by atoms with E-state index in [0.717, 1.165) is 39.9 Å². The molecule has 0 aliphatic carbocycles. The Kier molecular flexibility index (Phi) is 6.62. The van der Waals surface area contributed by atoms with Gasteiger partial charge in [-0.3, -0.25) is 14.4 Å². The van der Waals surface area contributed by atoms with Crippen molar-refractivity contribution in [2.75, 3.05) is 13.2 Å². The molecule has 0 saturated heterocycles. The van der Waals surface area contributed by atoms with Crippen molar-refractivity contribution >= 4 is 33.3 Å². The SMILES string of the molecule is CCOc1cc(/C=c2\sc3n(c2=O)CCCN=3)cc(Br)c1OCc1cc(C)cc(C)c1. The Labute approximate surface area is 193 Å². The molecular formula is C24H25BrN2O3S. The van der Waals surface area contributed by atoms with Crippen molar-refractivity contribution in [2.24, 2.45) is 4.99 Å². The van der Waals surface area contributed by atoms with Crippen LogP contribution in [0, 0.1) is 13.8 Å². The monoisotopic (exact) mass is 500 g/mol. The van der Waals surface area contributed by atoms with Crippen LogP contribution in [0.1, 0.15) is 35.6 Å². The van der Waals surface area contributed by atoms with Crippen LogP contribution >= 0.6 is 27.3 Å². The van der Waals surface area contributed by atoms with Crippen molar-refractivity contribution in [3.63, 3.8) is 0 Å². The normalized spacial score (nSPS) is 13.6. The van der Waals surface area contributed by atoms with Gasteiger partial charge >= 0.3 is 0 Å². The first-order valence-corrected chi connectivity index (χ1v) is 12.0. The molecule has 0 spiro atoms. The Bertz CT molecular complexity index is 1270. The molecular weight excluding hydrogens is 476 g/mol. The zero-order valence-electron chi connectivity index (χ0n) is 17.9. The topological polar surface area (TPSA) is 52.8 Å². The molecule has 7 heteroatoms. The number of ether oxygens (including phenoxy) is 2. The fourth-order valence-electron chi connectivity index (χ4n) is 3.76. The van der Waals surface area contributed by atoms with Gasteiger partial charge in [0.2, 0.25) is 0 Å². The number of thiazole rings is 1. The van der Waals surface area contributed by atoms with Crippen molar-refractivity contribution in [3.05, 3.63) is 76.7 Å². The quantitative estimate of drug-likeness (QED) is 0.511. The molecule has 4 rings (SSSR count). The summed E-state index contributed by atoms with van der Waals surface area (Å²) < 4.78 is 15.3. The molecule has 0 bridgehead atoms. The average Bonchev–Trinajstić information content (AvgIpc) is 3.02. The molecule has 3 aromatic rings. The summed E-state index contributed by atoms with van der Waals surface area (Å²) in [7, 11) is 0. The largest absolute Gasteiger partial charge is 0.490 e. The van der Waals surface area contributed by atoms with Gasteiger partial charge < -0.3 is 9.47 Å². The third-order valence-electron chi connectivity index (χ3n) is 4.97. The Hall–Kier alpha value is -2.38. The zero-order chi connectivity index (χ0) is 22.0. The van der Waals surface area contributed by atoms with Crippen LogP contribution in [0.4, 0.5) is 0 Å². The number of hydrogen-bond acceptors (Lipinski definition) is 5. The van der Waals surface area contributed by atoms with Gasteiger partial charge in [0.1, 0.15) is 6.61 Å². The van der Waals surface area contributed by atoms with E-state index in [-0.39, 0.29) is 5.56 Å². The fourth-order valence-corrected chi connectivity index (χ4v) is 5.36. The number of rotatable bonds is 6. The molecule has 0 fully saturated rings. The van der Waals surface area contributed by atoms with Gasteiger partial charge in [0, 0.05) is 13.1 Å². The molecule has 0 amide bonds. The number of aromatic nitrogens is 1. The summed E-state index contributed by atoms with van der Waals surface area (Å²) in [6, 6.07) is 10.3. The number of aryl methyl sites for hydroxylation is 2. The Morgan fingerprint density at radius 2 is 1.94 bits per heavy atom. The van der Waals surface area contributed by atoms with Gasteiger partial charge in [-0.15, -0.1) is 0 Å². The van der Waals surface area contributed by atoms with E-state index in [1.54, 1.807) is 4.57 Å². The number of nitrogens with zero attached hydrogens (tertiary/aromatic N) is 2. The van der Waals surface area contributed by atoms with Gasteiger partial charge in [0.25, 0.3) is 5.56 Å². The number of fused-ring (bicyclic) bond motifs is 1. The summed E-state index contributed by atoms with van der Waals surface area (Å²) in [6.45, 7) is 8.60. The second kappa shape index (κ2) is 9.40. The lowest BCUT2D eigenvalue weighted by atomic mass is 10.1. The molecule has 1 aromatic heterocycles. The highest BCUT2D eigenvalue weighted by molar-refractivity contribution is 9.10. The van der Waals surface area contributed by atoms with Gasteiger partial charge in [0.15, 0.2) is 16.3 Å². The second-order valence-corrected chi connectivity index (χ2v) is 9.50. The first kappa shape index (κ1) is 21.8. The maximum Gasteiger partial charge on any atom is 0.270 e. The summed E-state index contributed by atoms with van der Waals surface area (Å²) >= 11 is 5.07. The summed E-state index contributed by atoms with van der Waals surface area (Å²) in [5, 5.41) is 0. The van der Waals surface area contributed by atoms with E-state index in [4.69, 9.17) is 9.47 Å². The van der Waals surface area contributed by atoms with Crippen LogP contribution in [-0.2, 0) is 13.2 Å². The van der Waals surface area contributed by atoms with Gasteiger partial charge in [-0.05, 0) is 72.5 Å². The predicted molar refractivity (Wildman–Crippen MR) is 128 cm³/mol. The molecule has 2 heterocycles. The molecule has 0 N–H and O–H groups in total. The maximum atomic E-state index is 12.7. The van der Waals surface area contributed by atoms with Crippen LogP contribution in [0.5, 0.6) is 11.5 Å². The third-order valence-corrected chi connectivity index (χ3v) is 6.60. The molecule has 1 aliphatic rings. The molecule has 0 atom stereocenters. The summed E-state index contributed by atoms with van der Waals surface area (Å²) in [4.78, 5) is 18.0. The van der Waals surface area contributed by atoms with Gasteiger partial charge in [0.05, 0.1) is 15.6 Å². The van der Waals surface area contributed by atoms with Gasteiger partial charge in [-0.25, -0.2) is 0 Å². The number of hydrogen-bond donors (Lipinski definition) is 0. The maximum absolute atomic E-state index is 12.7. The number of halogens is 1. The van der Waals surface area contributed by atoms with Crippen LogP contribution in [0.25, 0.3) is 6.08 Å². The standard InChI is InChI=1S/C24H25BrN2O3S/c1-4-29-20-12-17(13-21-23(28)27-7-5-6-26-24(27)31-21)11-19(25)22(20)30-14-18-9-15(2)8-16(3)10-18/h8-13H,4-7,14H2,1-3H3/b21-13-. The molecule has 2 aromatic carbocycles. The highest BCUT2D eigenvalue weighted by Crippen LogP contribution is 2.37. The second-order valence-electron chi connectivity index (χ2n) is 7.63. The summed E-state index contributed by atoms with van der Waals surface area (Å²) in [6.07, 6.45) is 2.81. The van der Waals surface area contributed by atoms with Crippen molar-refractivity contribution in [1.29, 1.82) is 0 Å². The minimum absolute atomic E-state index is 0.0210. The first-order chi connectivity index (χ1) is 14.9.